The molecule has 170 valence electrons. The van der Waals surface area contributed by atoms with Gasteiger partial charge >= 0.3 is 0 Å². The molecule has 1 unspecified atom stereocenters. The van der Waals surface area contributed by atoms with Gasteiger partial charge in [-0.2, -0.15) is 5.10 Å². The van der Waals surface area contributed by atoms with E-state index in [-0.39, 0.29) is 24.8 Å². The number of fused-ring (bicyclic) bond motifs is 3. The van der Waals surface area contributed by atoms with Gasteiger partial charge in [-0.15, -0.1) is 0 Å². The Morgan fingerprint density at radius 3 is 2.79 bits per heavy atom. The summed E-state index contributed by atoms with van der Waals surface area (Å²) >= 11 is 0. The first-order valence-corrected chi connectivity index (χ1v) is 10.5. The molecule has 9 nitrogen and oxygen atoms in total. The molecule has 33 heavy (non-hydrogen) atoms. The number of hydrogen-bond donors (Lipinski definition) is 1. The van der Waals surface area contributed by atoms with E-state index in [1.807, 2.05) is 27.0 Å². The standard InChI is InChI=1S/C23H24FN7O2/c1-13-8-18-15(19-16(20(25)28-18)10-27-29(19)3)9-14(13)22(32)31-12-23(2,33-4)11-30(31)21-17(24)6-5-7-26-21/h5-10H,11-12H2,1-4H3,(H2,25,28). The van der Waals surface area contributed by atoms with Crippen molar-refractivity contribution in [2.45, 2.75) is 19.4 Å². The number of benzene rings is 1. The monoisotopic (exact) mass is 449 g/mol. The number of carbonyl (C=O) groups excluding carboxylic acids is 1. The summed E-state index contributed by atoms with van der Waals surface area (Å²) in [5, 5.41) is 8.82. The van der Waals surface area contributed by atoms with Crippen LogP contribution in [0.4, 0.5) is 16.0 Å². The van der Waals surface area contributed by atoms with Crippen LogP contribution in [0.25, 0.3) is 21.8 Å². The average Bonchev–Trinajstić information content (AvgIpc) is 3.35. The van der Waals surface area contributed by atoms with Crippen LogP contribution in [0.2, 0.25) is 0 Å². The number of hydrazine groups is 1. The normalized spacial score (nSPS) is 18.6. The van der Waals surface area contributed by atoms with Gasteiger partial charge in [-0.1, -0.05) is 0 Å². The van der Waals surface area contributed by atoms with Gasteiger partial charge in [0.15, 0.2) is 11.6 Å². The smallest absolute Gasteiger partial charge is 0.272 e. The number of ether oxygens (including phenoxy) is 1. The molecule has 1 aromatic carbocycles. The van der Waals surface area contributed by atoms with Gasteiger partial charge in [0.2, 0.25) is 0 Å². The van der Waals surface area contributed by atoms with Crippen LogP contribution in [-0.2, 0) is 11.8 Å². The molecule has 1 atom stereocenters. The van der Waals surface area contributed by atoms with E-state index in [0.29, 0.717) is 16.9 Å². The van der Waals surface area contributed by atoms with Crippen molar-refractivity contribution in [1.82, 2.24) is 24.8 Å². The van der Waals surface area contributed by atoms with E-state index in [2.05, 4.69) is 15.1 Å². The molecule has 0 spiro atoms. The lowest BCUT2D eigenvalue weighted by molar-refractivity contribution is 0.0233. The summed E-state index contributed by atoms with van der Waals surface area (Å²) in [6, 6.07) is 6.48. The Labute approximate surface area is 189 Å². The highest BCUT2D eigenvalue weighted by atomic mass is 19.1. The zero-order valence-corrected chi connectivity index (χ0v) is 18.8. The number of carbonyl (C=O) groups is 1. The molecule has 1 saturated heterocycles. The van der Waals surface area contributed by atoms with E-state index in [1.165, 1.54) is 23.3 Å². The second-order valence-corrected chi connectivity index (χ2v) is 8.60. The van der Waals surface area contributed by atoms with Crippen molar-refractivity contribution in [3.63, 3.8) is 0 Å². The molecule has 5 rings (SSSR count). The lowest BCUT2D eigenvalue weighted by Crippen LogP contribution is -2.42. The van der Waals surface area contributed by atoms with Crippen LogP contribution >= 0.6 is 0 Å². The molecule has 1 aliphatic rings. The summed E-state index contributed by atoms with van der Waals surface area (Å²) in [5.74, 6) is -0.334. The first-order chi connectivity index (χ1) is 15.7. The molecular formula is C23H24FN7O2. The van der Waals surface area contributed by atoms with Gasteiger partial charge in [-0.25, -0.2) is 19.4 Å². The molecule has 1 fully saturated rings. The van der Waals surface area contributed by atoms with Crippen molar-refractivity contribution >= 4 is 39.3 Å². The third-order valence-electron chi connectivity index (χ3n) is 6.25. The minimum absolute atomic E-state index is 0.0773. The van der Waals surface area contributed by atoms with E-state index < -0.39 is 11.4 Å². The zero-order valence-electron chi connectivity index (χ0n) is 18.8. The fraction of sp³-hybridized carbons (Fsp3) is 0.304. The Morgan fingerprint density at radius 2 is 2.06 bits per heavy atom. The van der Waals surface area contributed by atoms with Gasteiger partial charge in [0, 0.05) is 31.3 Å². The number of hydrogen-bond acceptors (Lipinski definition) is 7. The number of nitrogens with zero attached hydrogens (tertiary/aromatic N) is 6. The predicted molar refractivity (Wildman–Crippen MR) is 123 cm³/mol. The molecule has 0 bridgehead atoms. The summed E-state index contributed by atoms with van der Waals surface area (Å²) in [6.45, 7) is 4.25. The SMILES string of the molecule is COC1(C)CN(C(=O)c2cc3c(cc2C)nc(N)c2cnn(C)c23)N(c2ncccc2F)C1. The maximum Gasteiger partial charge on any atom is 0.272 e. The van der Waals surface area contributed by atoms with Gasteiger partial charge in [0.05, 0.1) is 35.7 Å². The number of anilines is 2. The quantitative estimate of drug-likeness (QED) is 0.513. The molecule has 4 aromatic rings. The minimum atomic E-state index is -0.685. The van der Waals surface area contributed by atoms with Crippen LogP contribution in [-0.4, -0.2) is 56.5 Å². The molecule has 2 N–H and O–H groups in total. The molecule has 1 aliphatic heterocycles. The maximum atomic E-state index is 14.6. The van der Waals surface area contributed by atoms with Crippen LogP contribution in [0.3, 0.4) is 0 Å². The highest BCUT2D eigenvalue weighted by Crippen LogP contribution is 2.33. The second-order valence-electron chi connectivity index (χ2n) is 8.60. The number of halogens is 1. The minimum Gasteiger partial charge on any atom is -0.383 e. The number of nitrogen functional groups attached to an aromatic ring is 1. The van der Waals surface area contributed by atoms with E-state index in [1.54, 1.807) is 29.1 Å². The van der Waals surface area contributed by atoms with Gasteiger partial charge in [0.1, 0.15) is 11.4 Å². The van der Waals surface area contributed by atoms with Crippen molar-refractivity contribution in [2.75, 3.05) is 30.9 Å². The van der Waals surface area contributed by atoms with Crippen LogP contribution in [0.15, 0.2) is 36.7 Å². The van der Waals surface area contributed by atoms with E-state index in [4.69, 9.17) is 10.5 Å². The molecule has 0 aliphatic carbocycles. The van der Waals surface area contributed by atoms with Crippen LogP contribution in [0, 0.1) is 12.7 Å². The summed E-state index contributed by atoms with van der Waals surface area (Å²) in [6.07, 6.45) is 3.16. The van der Waals surface area contributed by atoms with E-state index in [9.17, 15) is 9.18 Å². The first kappa shape index (κ1) is 21.1. The second kappa shape index (κ2) is 7.38. The van der Waals surface area contributed by atoms with Crippen molar-refractivity contribution < 1.29 is 13.9 Å². The van der Waals surface area contributed by atoms with Crippen LogP contribution in [0.1, 0.15) is 22.8 Å². The third-order valence-corrected chi connectivity index (χ3v) is 6.25. The van der Waals surface area contributed by atoms with Gasteiger partial charge in [-0.3, -0.25) is 14.5 Å². The lowest BCUT2D eigenvalue weighted by atomic mass is 10.0. The molecule has 10 heteroatoms. The molecular weight excluding hydrogens is 425 g/mol. The number of rotatable bonds is 3. The third kappa shape index (κ3) is 3.25. The van der Waals surface area contributed by atoms with Crippen LogP contribution in [0.5, 0.6) is 0 Å². The number of methoxy groups -OCH3 is 1. The summed E-state index contributed by atoms with van der Waals surface area (Å²) in [5.41, 5.74) is 8.11. The molecule has 0 radical (unpaired) electrons. The number of pyridine rings is 2. The Bertz CT molecular complexity index is 1420. The molecule has 4 heterocycles. The van der Waals surface area contributed by atoms with E-state index >= 15 is 0 Å². The van der Waals surface area contributed by atoms with Gasteiger partial charge in [0.25, 0.3) is 5.91 Å². The zero-order chi connectivity index (χ0) is 23.5. The highest BCUT2D eigenvalue weighted by molar-refractivity contribution is 6.10. The molecule has 0 saturated carbocycles. The Balaban J connectivity index is 1.66. The summed E-state index contributed by atoms with van der Waals surface area (Å²) in [7, 11) is 3.40. The average molecular weight is 449 g/mol. The van der Waals surface area contributed by atoms with Gasteiger partial charge in [-0.05, 0) is 43.7 Å². The summed E-state index contributed by atoms with van der Waals surface area (Å²) < 4.78 is 22.0. The van der Waals surface area contributed by atoms with Crippen molar-refractivity contribution in [3.8, 4) is 0 Å². The van der Waals surface area contributed by atoms with Gasteiger partial charge < -0.3 is 10.5 Å². The first-order valence-electron chi connectivity index (χ1n) is 10.5. The predicted octanol–water partition coefficient (Wildman–Crippen LogP) is 2.83. The lowest BCUT2D eigenvalue weighted by Gasteiger charge is -2.29. The Kier molecular flexibility index (Phi) is 4.71. The van der Waals surface area contributed by atoms with Crippen molar-refractivity contribution in [2.24, 2.45) is 7.05 Å². The largest absolute Gasteiger partial charge is 0.383 e. The number of aryl methyl sites for hydroxylation is 2. The fourth-order valence-electron chi connectivity index (χ4n) is 4.40. The Hall–Kier alpha value is -3.79. The highest BCUT2D eigenvalue weighted by Gasteiger charge is 2.44. The fourth-order valence-corrected chi connectivity index (χ4v) is 4.40. The molecule has 3 aromatic heterocycles. The number of aromatic nitrogens is 4. The van der Waals surface area contributed by atoms with Crippen molar-refractivity contribution in [1.29, 1.82) is 0 Å². The van der Waals surface area contributed by atoms with Crippen LogP contribution < -0.4 is 10.7 Å². The molecule has 1 amide bonds. The number of amides is 1. The van der Waals surface area contributed by atoms with Crippen molar-refractivity contribution in [3.05, 3.63) is 53.6 Å². The maximum absolute atomic E-state index is 14.6. The van der Waals surface area contributed by atoms with E-state index in [0.717, 1.165) is 21.9 Å². The number of nitrogens with two attached hydrogens (primary N) is 1. The summed E-state index contributed by atoms with van der Waals surface area (Å²) in [4.78, 5) is 22.5. The topological polar surface area (TPSA) is 102 Å². The Morgan fingerprint density at radius 1 is 1.27 bits per heavy atom.